The van der Waals surface area contributed by atoms with E-state index in [0.717, 1.165) is 5.56 Å². The molecule has 3 nitrogen and oxygen atoms in total. The van der Waals surface area contributed by atoms with Gasteiger partial charge in [0.25, 0.3) is 0 Å². The number of rotatable bonds is 5. The molecule has 1 atom stereocenters. The smallest absolute Gasteiger partial charge is 0.406 e. The maximum Gasteiger partial charge on any atom is 0.573 e. The molecule has 6 heteroatoms. The molecule has 1 aromatic rings. The van der Waals surface area contributed by atoms with Gasteiger partial charge in [-0.05, 0) is 44.9 Å². The van der Waals surface area contributed by atoms with Gasteiger partial charge in [-0.25, -0.2) is 0 Å². The molecule has 1 rings (SSSR count). The summed E-state index contributed by atoms with van der Waals surface area (Å²) in [5, 5.41) is 13.0. The van der Waals surface area contributed by atoms with Gasteiger partial charge in [-0.15, -0.1) is 13.2 Å². The molecule has 0 saturated carbocycles. The summed E-state index contributed by atoms with van der Waals surface area (Å²) >= 11 is 0. The number of hydrogen-bond donors (Lipinski definition) is 2. The zero-order valence-electron chi connectivity index (χ0n) is 11.8. The number of alkyl halides is 3. The van der Waals surface area contributed by atoms with E-state index in [1.807, 2.05) is 20.8 Å². The van der Waals surface area contributed by atoms with Crippen molar-refractivity contribution in [1.82, 2.24) is 5.32 Å². The second-order valence-corrected chi connectivity index (χ2v) is 5.68. The number of halogens is 3. The molecule has 0 amide bonds. The summed E-state index contributed by atoms with van der Waals surface area (Å²) in [6.45, 7) is 6.39. The van der Waals surface area contributed by atoms with Crippen LogP contribution in [0.3, 0.4) is 0 Å². The zero-order chi connectivity index (χ0) is 15.4. The Morgan fingerprint density at radius 3 is 2.15 bits per heavy atom. The predicted molar refractivity (Wildman–Crippen MR) is 70.6 cm³/mol. The van der Waals surface area contributed by atoms with E-state index in [2.05, 4.69) is 10.1 Å². The fraction of sp³-hybridized carbons (Fsp3) is 0.571. The van der Waals surface area contributed by atoms with Crippen LogP contribution in [0.1, 0.15) is 26.3 Å². The highest BCUT2D eigenvalue weighted by molar-refractivity contribution is 5.27. The summed E-state index contributed by atoms with van der Waals surface area (Å²) in [6.07, 6.45) is -4.91. The van der Waals surface area contributed by atoms with Crippen molar-refractivity contribution < 1.29 is 23.0 Å². The summed E-state index contributed by atoms with van der Waals surface area (Å²) in [5.41, 5.74) is 0.661. The van der Waals surface area contributed by atoms with Gasteiger partial charge in [0.1, 0.15) is 5.75 Å². The average molecular weight is 291 g/mol. The number of hydrogen-bond acceptors (Lipinski definition) is 3. The van der Waals surface area contributed by atoms with Crippen molar-refractivity contribution in [1.29, 1.82) is 0 Å². The highest BCUT2D eigenvalue weighted by Gasteiger charge is 2.30. The second-order valence-electron chi connectivity index (χ2n) is 5.68. The molecule has 0 saturated heterocycles. The van der Waals surface area contributed by atoms with Crippen LogP contribution in [0, 0.1) is 0 Å². The first kappa shape index (κ1) is 16.8. The topological polar surface area (TPSA) is 41.5 Å². The molecule has 0 aliphatic heterocycles. The van der Waals surface area contributed by atoms with Crippen molar-refractivity contribution in [3.63, 3.8) is 0 Å². The highest BCUT2D eigenvalue weighted by atomic mass is 19.4. The monoisotopic (exact) mass is 291 g/mol. The lowest BCUT2D eigenvalue weighted by atomic mass is 10.1. The van der Waals surface area contributed by atoms with E-state index in [1.165, 1.54) is 24.3 Å². The minimum atomic E-state index is -4.68. The van der Waals surface area contributed by atoms with Crippen molar-refractivity contribution in [2.75, 3.05) is 6.54 Å². The third-order valence-electron chi connectivity index (χ3n) is 2.50. The molecule has 20 heavy (non-hydrogen) atoms. The maximum absolute atomic E-state index is 12.0. The summed E-state index contributed by atoms with van der Waals surface area (Å²) in [6, 6.07) is 5.52. The molecule has 0 aliphatic carbocycles. The van der Waals surface area contributed by atoms with Crippen LogP contribution in [0.15, 0.2) is 24.3 Å². The molecular formula is C14H20F3NO2. The summed E-state index contributed by atoms with van der Waals surface area (Å²) in [5.74, 6) is -0.261. The van der Waals surface area contributed by atoms with E-state index in [-0.39, 0.29) is 11.3 Å². The van der Waals surface area contributed by atoms with E-state index in [1.54, 1.807) is 0 Å². The quantitative estimate of drug-likeness (QED) is 0.876. The van der Waals surface area contributed by atoms with E-state index in [9.17, 15) is 18.3 Å². The van der Waals surface area contributed by atoms with Crippen LogP contribution in [-0.2, 0) is 6.42 Å². The Labute approximate surface area is 116 Å². The maximum atomic E-state index is 12.0. The minimum absolute atomic E-state index is 0.0919. The average Bonchev–Trinajstić information content (AvgIpc) is 2.26. The lowest BCUT2D eigenvalue weighted by Gasteiger charge is -2.23. The largest absolute Gasteiger partial charge is 0.573 e. The number of nitrogens with one attached hydrogen (secondary N) is 1. The number of aliphatic hydroxyl groups excluding tert-OH is 1. The van der Waals surface area contributed by atoms with Gasteiger partial charge in [-0.2, -0.15) is 0 Å². The van der Waals surface area contributed by atoms with Crippen LogP contribution in [0.4, 0.5) is 13.2 Å². The molecule has 1 unspecified atom stereocenters. The Morgan fingerprint density at radius 2 is 1.70 bits per heavy atom. The summed E-state index contributed by atoms with van der Waals surface area (Å²) < 4.78 is 39.8. The minimum Gasteiger partial charge on any atom is -0.406 e. The molecule has 0 aliphatic rings. The van der Waals surface area contributed by atoms with Crippen LogP contribution in [0.2, 0.25) is 0 Å². The summed E-state index contributed by atoms with van der Waals surface area (Å²) in [7, 11) is 0. The van der Waals surface area contributed by atoms with Crippen LogP contribution in [0.5, 0.6) is 5.75 Å². The van der Waals surface area contributed by atoms with Crippen molar-refractivity contribution in [2.45, 2.75) is 45.2 Å². The van der Waals surface area contributed by atoms with E-state index < -0.39 is 12.5 Å². The molecule has 0 aromatic heterocycles. The first-order valence-corrected chi connectivity index (χ1v) is 6.33. The molecule has 2 N–H and O–H groups in total. The van der Waals surface area contributed by atoms with E-state index >= 15 is 0 Å². The normalized spacial score (nSPS) is 14.2. The molecule has 0 heterocycles. The van der Waals surface area contributed by atoms with Crippen LogP contribution in [0.25, 0.3) is 0 Å². The number of β-amino-alcohol motifs (C(OH)–C–C–N with tert-alkyl or cyclic N) is 1. The van der Waals surface area contributed by atoms with Gasteiger partial charge >= 0.3 is 6.36 Å². The van der Waals surface area contributed by atoms with Gasteiger partial charge in [0.15, 0.2) is 0 Å². The second kappa shape index (κ2) is 6.45. The Hall–Kier alpha value is -1.27. The fourth-order valence-electron chi connectivity index (χ4n) is 1.60. The standard InChI is InChI=1S/C14H20F3NO2/c1-13(2,3)18-9-11(19)8-10-4-6-12(7-5-10)20-14(15,16)17/h4-7,11,18-19H,8-9H2,1-3H3. The first-order chi connectivity index (χ1) is 9.05. The fourth-order valence-corrected chi connectivity index (χ4v) is 1.60. The molecular weight excluding hydrogens is 271 g/mol. The van der Waals surface area contributed by atoms with Gasteiger partial charge in [-0.1, -0.05) is 12.1 Å². The Balaban J connectivity index is 2.49. The van der Waals surface area contributed by atoms with Crippen molar-refractivity contribution in [3.8, 4) is 5.75 Å². The summed E-state index contributed by atoms with van der Waals surface area (Å²) in [4.78, 5) is 0. The van der Waals surface area contributed by atoms with Crippen molar-refractivity contribution in [3.05, 3.63) is 29.8 Å². The number of ether oxygens (including phenoxy) is 1. The van der Waals surface area contributed by atoms with Gasteiger partial charge in [0, 0.05) is 12.1 Å². The molecule has 0 spiro atoms. The lowest BCUT2D eigenvalue weighted by molar-refractivity contribution is -0.274. The molecule has 0 fully saturated rings. The first-order valence-electron chi connectivity index (χ1n) is 6.33. The lowest BCUT2D eigenvalue weighted by Crippen LogP contribution is -2.41. The van der Waals surface area contributed by atoms with Gasteiger partial charge < -0.3 is 15.2 Å². The van der Waals surface area contributed by atoms with Crippen LogP contribution >= 0.6 is 0 Å². The SMILES string of the molecule is CC(C)(C)NCC(O)Cc1ccc(OC(F)(F)F)cc1. The molecule has 114 valence electrons. The van der Waals surface area contributed by atoms with Crippen molar-refractivity contribution in [2.24, 2.45) is 0 Å². The van der Waals surface area contributed by atoms with Gasteiger partial charge in [0.2, 0.25) is 0 Å². The van der Waals surface area contributed by atoms with Crippen LogP contribution in [-0.4, -0.2) is 29.7 Å². The number of benzene rings is 1. The zero-order valence-corrected chi connectivity index (χ0v) is 11.8. The molecule has 1 aromatic carbocycles. The van der Waals surface area contributed by atoms with Crippen LogP contribution < -0.4 is 10.1 Å². The molecule has 0 radical (unpaired) electrons. The van der Waals surface area contributed by atoms with Crippen molar-refractivity contribution >= 4 is 0 Å². The Bertz CT molecular complexity index is 410. The predicted octanol–water partition coefficient (Wildman–Crippen LogP) is 2.88. The van der Waals surface area contributed by atoms with E-state index in [0.29, 0.717) is 13.0 Å². The third-order valence-corrected chi connectivity index (χ3v) is 2.50. The van der Waals surface area contributed by atoms with E-state index in [4.69, 9.17) is 0 Å². The third kappa shape index (κ3) is 7.35. The Kier molecular flexibility index (Phi) is 5.42. The highest BCUT2D eigenvalue weighted by Crippen LogP contribution is 2.23. The molecule has 0 bridgehead atoms. The Morgan fingerprint density at radius 1 is 1.15 bits per heavy atom. The van der Waals surface area contributed by atoms with Gasteiger partial charge in [0.05, 0.1) is 6.10 Å². The number of aliphatic hydroxyl groups is 1. The van der Waals surface area contributed by atoms with Gasteiger partial charge in [-0.3, -0.25) is 0 Å².